The van der Waals surface area contributed by atoms with Crippen molar-refractivity contribution in [2.24, 2.45) is 5.73 Å². The summed E-state index contributed by atoms with van der Waals surface area (Å²) in [6.45, 7) is 0. The van der Waals surface area contributed by atoms with Crippen molar-refractivity contribution in [3.8, 4) is 11.8 Å². The van der Waals surface area contributed by atoms with Crippen LogP contribution in [0, 0.1) is 11.3 Å². The first kappa shape index (κ1) is 9.46. The normalized spacial score (nSPS) is 14.3. The van der Waals surface area contributed by atoms with E-state index in [4.69, 9.17) is 15.7 Å². The van der Waals surface area contributed by atoms with Gasteiger partial charge in [-0.3, -0.25) is 4.79 Å². The molecule has 1 aromatic heterocycles. The molecule has 5 nitrogen and oxygen atoms in total. The Morgan fingerprint density at radius 2 is 2.40 bits per heavy atom. The van der Waals surface area contributed by atoms with Crippen molar-refractivity contribution in [3.05, 3.63) is 23.5 Å². The van der Waals surface area contributed by atoms with Crippen LogP contribution in [0.1, 0.15) is 28.9 Å². The van der Waals surface area contributed by atoms with E-state index in [1.54, 1.807) is 0 Å². The number of nitriles is 1. The number of aromatic nitrogens is 1. The number of rotatable bonds is 3. The topological polar surface area (TPSA) is 89.0 Å². The van der Waals surface area contributed by atoms with Gasteiger partial charge < -0.3 is 10.5 Å². The Kier molecular flexibility index (Phi) is 2.26. The summed E-state index contributed by atoms with van der Waals surface area (Å²) in [4.78, 5) is 14.7. The Balaban J connectivity index is 2.29. The Morgan fingerprint density at radius 1 is 1.67 bits per heavy atom. The molecule has 1 saturated carbocycles. The fraction of sp³-hybridized carbons (Fsp3) is 0.300. The van der Waals surface area contributed by atoms with Crippen molar-refractivity contribution in [2.75, 3.05) is 0 Å². The van der Waals surface area contributed by atoms with Crippen LogP contribution in [0.5, 0.6) is 5.75 Å². The van der Waals surface area contributed by atoms with E-state index in [2.05, 4.69) is 4.98 Å². The largest absolute Gasteiger partial charge is 0.489 e. The van der Waals surface area contributed by atoms with Gasteiger partial charge in [0.25, 0.3) is 5.91 Å². The maximum atomic E-state index is 10.9. The number of pyridine rings is 1. The van der Waals surface area contributed by atoms with Gasteiger partial charge in [0.2, 0.25) is 0 Å². The molecule has 0 bridgehead atoms. The predicted octanol–water partition coefficient (Wildman–Crippen LogP) is 0.593. The molecule has 1 fully saturated rings. The third-order valence-electron chi connectivity index (χ3n) is 2.04. The van der Waals surface area contributed by atoms with Crippen molar-refractivity contribution < 1.29 is 9.53 Å². The van der Waals surface area contributed by atoms with Gasteiger partial charge in [0.15, 0.2) is 0 Å². The lowest BCUT2D eigenvalue weighted by atomic mass is 10.2. The molecule has 76 valence electrons. The molecule has 0 aliphatic heterocycles. The molecule has 0 aromatic carbocycles. The summed E-state index contributed by atoms with van der Waals surface area (Å²) >= 11 is 0. The Bertz CT molecular complexity index is 446. The van der Waals surface area contributed by atoms with E-state index >= 15 is 0 Å². The summed E-state index contributed by atoms with van der Waals surface area (Å²) in [6.07, 6.45) is 3.70. The van der Waals surface area contributed by atoms with Crippen molar-refractivity contribution in [1.82, 2.24) is 4.98 Å². The fourth-order valence-electron chi connectivity index (χ4n) is 1.17. The molecule has 1 aliphatic rings. The van der Waals surface area contributed by atoms with Crippen LogP contribution in [0.15, 0.2) is 12.3 Å². The number of primary amides is 1. The summed E-state index contributed by atoms with van der Waals surface area (Å²) in [5.74, 6) is -0.191. The lowest BCUT2D eigenvalue weighted by Crippen LogP contribution is -2.15. The minimum absolute atomic E-state index is 0.0133. The summed E-state index contributed by atoms with van der Waals surface area (Å²) in [5.41, 5.74) is 5.20. The highest BCUT2D eigenvalue weighted by Crippen LogP contribution is 2.26. The molecular weight excluding hydrogens is 194 g/mol. The van der Waals surface area contributed by atoms with Gasteiger partial charge in [0.1, 0.15) is 17.5 Å². The van der Waals surface area contributed by atoms with E-state index in [1.807, 2.05) is 6.07 Å². The summed E-state index contributed by atoms with van der Waals surface area (Å²) < 4.78 is 5.44. The van der Waals surface area contributed by atoms with Gasteiger partial charge in [-0.15, -0.1) is 0 Å². The second-order valence-corrected chi connectivity index (χ2v) is 3.36. The number of nitrogens with two attached hydrogens (primary N) is 1. The molecule has 2 N–H and O–H groups in total. The molecule has 1 aliphatic carbocycles. The molecule has 0 radical (unpaired) electrons. The smallest absolute Gasteiger partial charge is 0.268 e. The minimum atomic E-state index is -0.704. The molecule has 0 spiro atoms. The molecule has 15 heavy (non-hydrogen) atoms. The third-order valence-corrected chi connectivity index (χ3v) is 2.04. The molecule has 1 heterocycles. The standard InChI is InChI=1S/C10H9N3O2/c11-4-6-3-8(15-7-1-2-7)5-13-9(6)10(12)14/h3,5,7H,1-2H2,(H2,12,14). The van der Waals surface area contributed by atoms with E-state index in [1.165, 1.54) is 12.3 Å². The summed E-state index contributed by atoms with van der Waals surface area (Å²) in [7, 11) is 0. The number of hydrogen-bond acceptors (Lipinski definition) is 4. The SMILES string of the molecule is N#Cc1cc(OC2CC2)cnc1C(N)=O. The molecule has 2 rings (SSSR count). The van der Waals surface area contributed by atoms with Gasteiger partial charge in [-0.1, -0.05) is 0 Å². The van der Waals surface area contributed by atoms with E-state index in [9.17, 15) is 4.79 Å². The van der Waals surface area contributed by atoms with E-state index in [0.717, 1.165) is 12.8 Å². The van der Waals surface area contributed by atoms with Crippen molar-refractivity contribution in [1.29, 1.82) is 5.26 Å². The number of ether oxygens (including phenoxy) is 1. The van der Waals surface area contributed by atoms with Crippen LogP contribution in [-0.4, -0.2) is 17.0 Å². The quantitative estimate of drug-likeness (QED) is 0.778. The molecular formula is C10H9N3O2. The van der Waals surface area contributed by atoms with E-state index < -0.39 is 5.91 Å². The van der Waals surface area contributed by atoms with Gasteiger partial charge in [-0.25, -0.2) is 4.98 Å². The molecule has 5 heteroatoms. The molecule has 0 saturated heterocycles. The lowest BCUT2D eigenvalue weighted by molar-refractivity contribution is 0.0995. The van der Waals surface area contributed by atoms with E-state index in [-0.39, 0.29) is 17.4 Å². The maximum Gasteiger partial charge on any atom is 0.268 e. The Labute approximate surface area is 86.5 Å². The molecule has 1 aromatic rings. The first-order valence-corrected chi connectivity index (χ1v) is 4.57. The second-order valence-electron chi connectivity index (χ2n) is 3.36. The van der Waals surface area contributed by atoms with Crippen molar-refractivity contribution >= 4 is 5.91 Å². The number of hydrogen-bond donors (Lipinski definition) is 1. The first-order chi connectivity index (χ1) is 7.20. The minimum Gasteiger partial charge on any atom is -0.489 e. The second kappa shape index (κ2) is 3.58. The van der Waals surface area contributed by atoms with Crippen molar-refractivity contribution in [3.63, 3.8) is 0 Å². The van der Waals surface area contributed by atoms with Crippen LogP contribution < -0.4 is 10.5 Å². The fourth-order valence-corrected chi connectivity index (χ4v) is 1.17. The zero-order valence-corrected chi connectivity index (χ0v) is 7.93. The highest BCUT2D eigenvalue weighted by molar-refractivity contribution is 5.93. The highest BCUT2D eigenvalue weighted by Gasteiger charge is 2.24. The zero-order chi connectivity index (χ0) is 10.8. The van der Waals surface area contributed by atoms with Gasteiger partial charge >= 0.3 is 0 Å². The van der Waals surface area contributed by atoms with Crippen LogP contribution in [0.4, 0.5) is 0 Å². The number of carbonyl (C=O) groups is 1. The maximum absolute atomic E-state index is 10.9. The van der Waals surface area contributed by atoms with Crippen LogP contribution in [0.2, 0.25) is 0 Å². The summed E-state index contributed by atoms with van der Waals surface area (Å²) in [5, 5.41) is 8.79. The molecule has 0 unspecified atom stereocenters. The van der Waals surface area contributed by atoms with Gasteiger partial charge in [0.05, 0.1) is 17.9 Å². The van der Waals surface area contributed by atoms with Crippen LogP contribution >= 0.6 is 0 Å². The number of amides is 1. The van der Waals surface area contributed by atoms with Crippen LogP contribution in [-0.2, 0) is 0 Å². The van der Waals surface area contributed by atoms with Gasteiger partial charge in [-0.05, 0) is 12.8 Å². The first-order valence-electron chi connectivity index (χ1n) is 4.57. The summed E-state index contributed by atoms with van der Waals surface area (Å²) in [6, 6.07) is 3.36. The predicted molar refractivity (Wildman–Crippen MR) is 51.1 cm³/mol. The van der Waals surface area contributed by atoms with Gasteiger partial charge in [0, 0.05) is 6.07 Å². The number of carbonyl (C=O) groups excluding carboxylic acids is 1. The monoisotopic (exact) mass is 203 g/mol. The number of nitrogens with zero attached hydrogens (tertiary/aromatic N) is 2. The van der Waals surface area contributed by atoms with Gasteiger partial charge in [-0.2, -0.15) is 5.26 Å². The molecule has 0 atom stereocenters. The zero-order valence-electron chi connectivity index (χ0n) is 7.93. The Morgan fingerprint density at radius 3 is 2.93 bits per heavy atom. The van der Waals surface area contributed by atoms with E-state index in [0.29, 0.717) is 5.75 Å². The molecule has 1 amide bonds. The average Bonchev–Trinajstić information content (AvgIpc) is 3.01. The van der Waals surface area contributed by atoms with Crippen LogP contribution in [0.3, 0.4) is 0 Å². The Hall–Kier alpha value is -2.09. The van der Waals surface area contributed by atoms with Crippen molar-refractivity contribution in [2.45, 2.75) is 18.9 Å². The lowest BCUT2D eigenvalue weighted by Gasteiger charge is -2.05. The highest BCUT2D eigenvalue weighted by atomic mass is 16.5. The third kappa shape index (κ3) is 2.05. The van der Waals surface area contributed by atoms with Crippen LogP contribution in [0.25, 0.3) is 0 Å². The average molecular weight is 203 g/mol.